The zero-order valence-corrected chi connectivity index (χ0v) is 9.62. The fraction of sp³-hybridized carbons (Fsp3) is 0.462. The lowest BCUT2D eigenvalue weighted by molar-refractivity contribution is 0.0503. The van der Waals surface area contributed by atoms with Crippen molar-refractivity contribution in [2.24, 2.45) is 0 Å². The van der Waals surface area contributed by atoms with Crippen LogP contribution in [-0.2, 0) is 11.2 Å². The SMILES string of the molecule is CCCOC(=O)c1ccc(O)c2c1CC2C. The summed E-state index contributed by atoms with van der Waals surface area (Å²) in [4.78, 5) is 11.7. The van der Waals surface area contributed by atoms with Gasteiger partial charge in [-0.1, -0.05) is 13.8 Å². The number of hydrogen-bond acceptors (Lipinski definition) is 3. The van der Waals surface area contributed by atoms with Crippen LogP contribution >= 0.6 is 0 Å². The molecule has 0 radical (unpaired) electrons. The number of fused-ring (bicyclic) bond motifs is 1. The van der Waals surface area contributed by atoms with Crippen molar-refractivity contribution in [3.05, 3.63) is 28.8 Å². The van der Waals surface area contributed by atoms with E-state index in [1.165, 1.54) is 0 Å². The van der Waals surface area contributed by atoms with Gasteiger partial charge in [0.25, 0.3) is 0 Å². The first kappa shape index (κ1) is 11.0. The molecule has 0 saturated heterocycles. The Hall–Kier alpha value is -1.51. The van der Waals surface area contributed by atoms with Crippen LogP contribution in [0.25, 0.3) is 0 Å². The predicted molar refractivity (Wildman–Crippen MR) is 60.8 cm³/mol. The Morgan fingerprint density at radius 3 is 2.94 bits per heavy atom. The first-order valence-corrected chi connectivity index (χ1v) is 5.67. The zero-order valence-electron chi connectivity index (χ0n) is 9.62. The molecule has 1 aromatic rings. The van der Waals surface area contributed by atoms with E-state index in [0.717, 1.165) is 24.0 Å². The first-order chi connectivity index (χ1) is 7.65. The Kier molecular flexibility index (Phi) is 2.86. The second-order valence-electron chi connectivity index (χ2n) is 4.27. The molecule has 0 fully saturated rings. The third-order valence-corrected chi connectivity index (χ3v) is 2.99. The van der Waals surface area contributed by atoms with Gasteiger partial charge in [0.1, 0.15) is 5.75 Å². The number of esters is 1. The smallest absolute Gasteiger partial charge is 0.338 e. The number of hydrogen-bond donors (Lipinski definition) is 1. The van der Waals surface area contributed by atoms with Crippen LogP contribution in [0.5, 0.6) is 5.75 Å². The van der Waals surface area contributed by atoms with Crippen LogP contribution in [0, 0.1) is 0 Å². The molecule has 1 unspecified atom stereocenters. The summed E-state index contributed by atoms with van der Waals surface area (Å²) in [7, 11) is 0. The minimum absolute atomic E-state index is 0.273. The van der Waals surface area contributed by atoms with E-state index in [0.29, 0.717) is 23.8 Å². The molecule has 3 heteroatoms. The van der Waals surface area contributed by atoms with Crippen LogP contribution < -0.4 is 0 Å². The van der Waals surface area contributed by atoms with E-state index >= 15 is 0 Å². The van der Waals surface area contributed by atoms with Gasteiger partial charge in [0, 0.05) is 5.56 Å². The van der Waals surface area contributed by atoms with E-state index in [9.17, 15) is 9.90 Å². The Balaban J connectivity index is 2.27. The Morgan fingerprint density at radius 1 is 1.56 bits per heavy atom. The van der Waals surface area contributed by atoms with Crippen molar-refractivity contribution in [3.63, 3.8) is 0 Å². The lowest BCUT2D eigenvalue weighted by atomic mass is 9.75. The van der Waals surface area contributed by atoms with Crippen molar-refractivity contribution in [2.75, 3.05) is 6.61 Å². The van der Waals surface area contributed by atoms with Gasteiger partial charge >= 0.3 is 5.97 Å². The first-order valence-electron chi connectivity index (χ1n) is 5.67. The van der Waals surface area contributed by atoms with Crippen molar-refractivity contribution in [3.8, 4) is 5.75 Å². The van der Waals surface area contributed by atoms with Crippen molar-refractivity contribution < 1.29 is 14.6 Å². The molecule has 2 rings (SSSR count). The lowest BCUT2D eigenvalue weighted by Crippen LogP contribution is -2.20. The normalized spacial score (nSPS) is 17.5. The number of phenolic OH excluding ortho intramolecular Hbond substituents is 1. The highest BCUT2D eigenvalue weighted by molar-refractivity contribution is 5.92. The summed E-state index contributed by atoms with van der Waals surface area (Å²) in [6.45, 7) is 4.46. The Bertz CT molecular complexity index is 423. The number of phenols is 1. The molecular weight excluding hydrogens is 204 g/mol. The van der Waals surface area contributed by atoms with Gasteiger partial charge < -0.3 is 9.84 Å². The maximum Gasteiger partial charge on any atom is 0.338 e. The number of carbonyl (C=O) groups excluding carboxylic acids is 1. The lowest BCUT2D eigenvalue weighted by Gasteiger charge is -2.29. The summed E-state index contributed by atoms with van der Waals surface area (Å²) in [5.74, 6) is 0.361. The molecule has 0 saturated carbocycles. The molecule has 0 heterocycles. The van der Waals surface area contributed by atoms with Crippen molar-refractivity contribution in [1.29, 1.82) is 0 Å². The van der Waals surface area contributed by atoms with Crippen LogP contribution in [0.15, 0.2) is 12.1 Å². The summed E-state index contributed by atoms with van der Waals surface area (Å²) >= 11 is 0. The largest absolute Gasteiger partial charge is 0.508 e. The molecule has 3 nitrogen and oxygen atoms in total. The molecule has 1 atom stereocenters. The van der Waals surface area contributed by atoms with Crippen LogP contribution in [0.4, 0.5) is 0 Å². The summed E-state index contributed by atoms with van der Waals surface area (Å²) < 4.78 is 5.10. The molecular formula is C13H16O3. The number of benzene rings is 1. The summed E-state index contributed by atoms with van der Waals surface area (Å²) in [5.41, 5.74) is 2.47. The van der Waals surface area contributed by atoms with Crippen LogP contribution in [-0.4, -0.2) is 17.7 Å². The highest BCUT2D eigenvalue weighted by atomic mass is 16.5. The van der Waals surface area contributed by atoms with E-state index in [2.05, 4.69) is 0 Å². The number of carbonyl (C=O) groups is 1. The van der Waals surface area contributed by atoms with Gasteiger partial charge in [-0.2, -0.15) is 0 Å². The second kappa shape index (κ2) is 4.16. The molecule has 1 aliphatic carbocycles. The van der Waals surface area contributed by atoms with Crippen molar-refractivity contribution in [1.82, 2.24) is 0 Å². The topological polar surface area (TPSA) is 46.5 Å². The quantitative estimate of drug-likeness (QED) is 0.796. The summed E-state index contributed by atoms with van der Waals surface area (Å²) in [5, 5.41) is 9.65. The van der Waals surface area contributed by atoms with E-state index in [-0.39, 0.29) is 5.97 Å². The third kappa shape index (κ3) is 1.66. The average Bonchev–Trinajstić information content (AvgIpc) is 2.24. The van der Waals surface area contributed by atoms with E-state index < -0.39 is 0 Å². The van der Waals surface area contributed by atoms with Crippen LogP contribution in [0.3, 0.4) is 0 Å². The zero-order chi connectivity index (χ0) is 11.7. The van der Waals surface area contributed by atoms with E-state index in [4.69, 9.17) is 4.74 Å². The highest BCUT2D eigenvalue weighted by Crippen LogP contribution is 2.42. The van der Waals surface area contributed by atoms with Gasteiger partial charge in [-0.15, -0.1) is 0 Å². The van der Waals surface area contributed by atoms with Gasteiger partial charge in [0.15, 0.2) is 0 Å². The Morgan fingerprint density at radius 2 is 2.31 bits per heavy atom. The fourth-order valence-corrected chi connectivity index (χ4v) is 2.16. The molecule has 1 aliphatic rings. The van der Waals surface area contributed by atoms with E-state index in [1.807, 2.05) is 13.8 Å². The van der Waals surface area contributed by atoms with Crippen LogP contribution in [0.2, 0.25) is 0 Å². The molecule has 1 aromatic carbocycles. The summed E-state index contributed by atoms with van der Waals surface area (Å²) in [6.07, 6.45) is 1.67. The molecule has 0 aromatic heterocycles. The van der Waals surface area contributed by atoms with Gasteiger partial charge in [-0.05, 0) is 36.5 Å². The maximum atomic E-state index is 11.7. The minimum Gasteiger partial charge on any atom is -0.508 e. The average molecular weight is 220 g/mol. The molecule has 86 valence electrons. The fourth-order valence-electron chi connectivity index (χ4n) is 2.16. The van der Waals surface area contributed by atoms with Gasteiger partial charge in [-0.25, -0.2) is 4.79 Å². The number of rotatable bonds is 3. The second-order valence-corrected chi connectivity index (χ2v) is 4.27. The van der Waals surface area contributed by atoms with Gasteiger partial charge in [0.2, 0.25) is 0 Å². The van der Waals surface area contributed by atoms with Crippen molar-refractivity contribution in [2.45, 2.75) is 32.6 Å². The summed E-state index contributed by atoms with van der Waals surface area (Å²) in [6, 6.07) is 3.23. The van der Waals surface area contributed by atoms with Crippen LogP contribution in [0.1, 0.15) is 47.7 Å². The Labute approximate surface area is 95.0 Å². The number of ether oxygens (including phenoxy) is 1. The van der Waals surface area contributed by atoms with E-state index in [1.54, 1.807) is 12.1 Å². The number of aromatic hydroxyl groups is 1. The minimum atomic E-state index is -0.273. The maximum absolute atomic E-state index is 11.7. The van der Waals surface area contributed by atoms with Gasteiger partial charge in [-0.3, -0.25) is 0 Å². The molecule has 0 amide bonds. The highest BCUT2D eigenvalue weighted by Gasteiger charge is 2.30. The molecule has 0 bridgehead atoms. The molecule has 0 spiro atoms. The standard InChI is InChI=1S/C13H16O3/c1-3-6-16-13(15)9-4-5-11(14)12-8(2)7-10(9)12/h4-5,8,14H,3,6-7H2,1-2H3. The van der Waals surface area contributed by atoms with Gasteiger partial charge in [0.05, 0.1) is 12.2 Å². The molecule has 16 heavy (non-hydrogen) atoms. The monoisotopic (exact) mass is 220 g/mol. The van der Waals surface area contributed by atoms with Crippen molar-refractivity contribution >= 4 is 5.97 Å². The predicted octanol–water partition coefficient (Wildman–Crippen LogP) is 2.62. The third-order valence-electron chi connectivity index (χ3n) is 2.99. The molecule has 0 aliphatic heterocycles. The molecule has 1 N–H and O–H groups in total.